The van der Waals surface area contributed by atoms with Gasteiger partial charge in [0, 0.05) is 12.3 Å². The number of imidazole rings is 1. The number of carbonyl (C=O) groups excluding carboxylic acids is 1. The quantitative estimate of drug-likeness (QED) is 0.678. The zero-order valence-corrected chi connectivity index (χ0v) is 12.9. The fourth-order valence-electron chi connectivity index (χ4n) is 2.29. The van der Waals surface area contributed by atoms with E-state index < -0.39 is 5.97 Å². The van der Waals surface area contributed by atoms with Gasteiger partial charge < -0.3 is 14.2 Å². The summed E-state index contributed by atoms with van der Waals surface area (Å²) in [5.74, 6) is 1.01. The maximum atomic E-state index is 11.8. The van der Waals surface area contributed by atoms with Crippen molar-refractivity contribution in [3.8, 4) is 11.5 Å². The molecule has 2 heterocycles. The van der Waals surface area contributed by atoms with E-state index in [1.165, 1.54) is 7.11 Å². The highest BCUT2D eigenvalue weighted by atomic mass is 16.5. The fraction of sp³-hybridized carbons (Fsp3) is 0.176. The molecule has 0 radical (unpaired) electrons. The predicted octanol–water partition coefficient (Wildman–Crippen LogP) is 2.71. The summed E-state index contributed by atoms with van der Waals surface area (Å²) in [4.78, 5) is 16.1. The van der Waals surface area contributed by atoms with Crippen LogP contribution in [0, 0.1) is 0 Å². The Kier molecular flexibility index (Phi) is 4.14. The lowest BCUT2D eigenvalue weighted by atomic mass is 10.3. The van der Waals surface area contributed by atoms with Crippen LogP contribution >= 0.6 is 0 Å². The highest BCUT2D eigenvalue weighted by Crippen LogP contribution is 2.20. The Hall–Kier alpha value is -3.02. The van der Waals surface area contributed by atoms with Gasteiger partial charge in [0.2, 0.25) is 0 Å². The number of carbonyl (C=O) groups is 1. The van der Waals surface area contributed by atoms with Crippen LogP contribution in [0.15, 0.2) is 48.8 Å². The summed E-state index contributed by atoms with van der Waals surface area (Å²) < 4.78 is 17.5. The van der Waals surface area contributed by atoms with Crippen molar-refractivity contribution in [3.63, 3.8) is 0 Å². The zero-order valence-electron chi connectivity index (χ0n) is 12.9. The minimum Gasteiger partial charge on any atom is -0.497 e. The van der Waals surface area contributed by atoms with Crippen LogP contribution in [0.2, 0.25) is 0 Å². The second kappa shape index (κ2) is 6.39. The highest BCUT2D eigenvalue weighted by Gasteiger charge is 2.14. The van der Waals surface area contributed by atoms with Crippen LogP contribution in [-0.4, -0.2) is 29.6 Å². The Balaban J connectivity index is 1.85. The van der Waals surface area contributed by atoms with Crippen molar-refractivity contribution in [1.82, 2.24) is 9.38 Å². The van der Waals surface area contributed by atoms with E-state index >= 15 is 0 Å². The molecule has 6 heteroatoms. The van der Waals surface area contributed by atoms with Gasteiger partial charge in [-0.3, -0.25) is 4.40 Å². The Morgan fingerprint density at radius 1 is 1.17 bits per heavy atom. The van der Waals surface area contributed by atoms with Crippen molar-refractivity contribution >= 4 is 11.6 Å². The van der Waals surface area contributed by atoms with Crippen LogP contribution in [-0.2, 0) is 11.3 Å². The van der Waals surface area contributed by atoms with Crippen LogP contribution in [0.5, 0.6) is 11.5 Å². The number of pyridine rings is 1. The Morgan fingerprint density at radius 3 is 2.78 bits per heavy atom. The summed E-state index contributed by atoms with van der Waals surface area (Å²) in [6.07, 6.45) is 3.51. The fourth-order valence-corrected chi connectivity index (χ4v) is 2.29. The van der Waals surface area contributed by atoms with Crippen LogP contribution in [0.3, 0.4) is 0 Å². The van der Waals surface area contributed by atoms with E-state index in [-0.39, 0.29) is 0 Å². The molecule has 0 spiro atoms. The molecule has 118 valence electrons. The maximum Gasteiger partial charge on any atom is 0.341 e. The summed E-state index contributed by atoms with van der Waals surface area (Å²) in [6.45, 7) is 0.318. The van der Waals surface area contributed by atoms with Crippen LogP contribution in [0.4, 0.5) is 0 Å². The largest absolute Gasteiger partial charge is 0.497 e. The molecule has 3 rings (SSSR count). The first kappa shape index (κ1) is 14.9. The molecule has 0 atom stereocenters. The first-order valence-corrected chi connectivity index (χ1v) is 7.03. The second-order valence-electron chi connectivity index (χ2n) is 4.82. The Morgan fingerprint density at radius 2 is 2.00 bits per heavy atom. The molecule has 0 N–H and O–H groups in total. The lowest BCUT2D eigenvalue weighted by Gasteiger charge is -2.08. The van der Waals surface area contributed by atoms with E-state index in [4.69, 9.17) is 14.2 Å². The third-order valence-electron chi connectivity index (χ3n) is 3.45. The van der Waals surface area contributed by atoms with Crippen molar-refractivity contribution in [2.45, 2.75) is 6.61 Å². The lowest BCUT2D eigenvalue weighted by molar-refractivity contribution is 0.0602. The summed E-state index contributed by atoms with van der Waals surface area (Å²) in [5, 5.41) is 0. The van der Waals surface area contributed by atoms with Crippen LogP contribution < -0.4 is 9.47 Å². The number of benzene rings is 1. The van der Waals surface area contributed by atoms with Gasteiger partial charge in [-0.05, 0) is 24.3 Å². The third-order valence-corrected chi connectivity index (χ3v) is 3.45. The molecule has 0 aliphatic carbocycles. The van der Waals surface area contributed by atoms with E-state index in [9.17, 15) is 4.79 Å². The van der Waals surface area contributed by atoms with E-state index in [1.807, 2.05) is 34.9 Å². The Labute approximate surface area is 133 Å². The van der Waals surface area contributed by atoms with Crippen molar-refractivity contribution in [2.24, 2.45) is 0 Å². The number of aromatic nitrogens is 2. The van der Waals surface area contributed by atoms with Gasteiger partial charge in [0.1, 0.15) is 23.7 Å². The summed E-state index contributed by atoms with van der Waals surface area (Å²) in [7, 11) is 2.96. The molecule has 0 bridgehead atoms. The lowest BCUT2D eigenvalue weighted by Crippen LogP contribution is -2.05. The van der Waals surface area contributed by atoms with Gasteiger partial charge in [-0.2, -0.15) is 0 Å². The number of esters is 1. The van der Waals surface area contributed by atoms with E-state index in [2.05, 4.69) is 4.98 Å². The number of ether oxygens (including phenoxy) is 3. The first-order chi connectivity index (χ1) is 11.2. The molecule has 0 unspecified atom stereocenters. The summed E-state index contributed by atoms with van der Waals surface area (Å²) in [5.41, 5.74) is 1.79. The van der Waals surface area contributed by atoms with E-state index in [1.54, 1.807) is 25.4 Å². The van der Waals surface area contributed by atoms with Gasteiger partial charge in [0.25, 0.3) is 0 Å². The SMILES string of the molecule is COC(=O)c1cccn2c(COc3cccc(OC)c3)cnc12. The van der Waals surface area contributed by atoms with E-state index in [0.717, 1.165) is 11.4 Å². The molecular weight excluding hydrogens is 296 g/mol. The monoisotopic (exact) mass is 312 g/mol. The van der Waals surface area contributed by atoms with Gasteiger partial charge in [-0.15, -0.1) is 0 Å². The average Bonchev–Trinajstić information content (AvgIpc) is 3.02. The minimum absolute atomic E-state index is 0.318. The van der Waals surface area contributed by atoms with Gasteiger partial charge in [0.15, 0.2) is 5.65 Å². The molecule has 0 aliphatic rings. The van der Waals surface area contributed by atoms with Crippen LogP contribution in [0.1, 0.15) is 16.1 Å². The maximum absolute atomic E-state index is 11.8. The molecule has 1 aromatic carbocycles. The number of hydrogen-bond acceptors (Lipinski definition) is 5. The van der Waals surface area contributed by atoms with Gasteiger partial charge in [-0.25, -0.2) is 9.78 Å². The van der Waals surface area contributed by atoms with Gasteiger partial charge in [0.05, 0.1) is 26.1 Å². The average molecular weight is 312 g/mol. The minimum atomic E-state index is -0.415. The first-order valence-electron chi connectivity index (χ1n) is 7.03. The van der Waals surface area contributed by atoms with Crippen molar-refractivity contribution in [2.75, 3.05) is 14.2 Å². The molecule has 0 saturated heterocycles. The van der Waals surface area contributed by atoms with Crippen LogP contribution in [0.25, 0.3) is 5.65 Å². The molecular formula is C17H16N2O4. The summed E-state index contributed by atoms with van der Waals surface area (Å²) >= 11 is 0. The third kappa shape index (κ3) is 2.96. The number of hydrogen-bond donors (Lipinski definition) is 0. The molecule has 3 aromatic rings. The number of rotatable bonds is 5. The van der Waals surface area contributed by atoms with Crippen molar-refractivity contribution < 1.29 is 19.0 Å². The number of nitrogens with zero attached hydrogens (tertiary/aromatic N) is 2. The molecule has 0 amide bonds. The van der Waals surface area contributed by atoms with E-state index in [0.29, 0.717) is 23.6 Å². The molecule has 6 nitrogen and oxygen atoms in total. The smallest absolute Gasteiger partial charge is 0.341 e. The van der Waals surface area contributed by atoms with Crippen molar-refractivity contribution in [3.05, 3.63) is 60.0 Å². The predicted molar refractivity (Wildman–Crippen MR) is 83.9 cm³/mol. The standard InChI is InChI=1S/C17H16N2O4/c1-21-13-5-3-6-14(9-13)23-11-12-10-18-16-15(17(20)22-2)7-4-8-19(12)16/h3-10H,11H2,1-2H3. The highest BCUT2D eigenvalue weighted by molar-refractivity contribution is 5.95. The molecule has 0 fully saturated rings. The number of methoxy groups -OCH3 is 2. The normalized spacial score (nSPS) is 10.5. The van der Waals surface area contributed by atoms with Crippen molar-refractivity contribution in [1.29, 1.82) is 0 Å². The van der Waals surface area contributed by atoms with Gasteiger partial charge in [-0.1, -0.05) is 6.07 Å². The topological polar surface area (TPSA) is 62.1 Å². The molecule has 2 aromatic heterocycles. The Bertz CT molecular complexity index is 841. The molecule has 23 heavy (non-hydrogen) atoms. The zero-order chi connectivity index (χ0) is 16.2. The molecule has 0 saturated carbocycles. The van der Waals surface area contributed by atoms with Gasteiger partial charge >= 0.3 is 5.97 Å². The molecule has 0 aliphatic heterocycles. The summed E-state index contributed by atoms with van der Waals surface area (Å²) in [6, 6.07) is 10.8. The second-order valence-corrected chi connectivity index (χ2v) is 4.82. The number of fused-ring (bicyclic) bond motifs is 1.